The van der Waals surface area contributed by atoms with E-state index >= 15 is 0 Å². The van der Waals surface area contributed by atoms with Gasteiger partial charge in [-0.3, -0.25) is 0 Å². The van der Waals surface area contributed by atoms with Crippen LogP contribution in [0.3, 0.4) is 0 Å². The number of hydrogen-bond donors (Lipinski definition) is 1. The minimum atomic E-state index is 0.743. The molecule has 0 saturated heterocycles. The van der Waals surface area contributed by atoms with E-state index in [-0.39, 0.29) is 0 Å². The molecule has 0 bridgehead atoms. The molecule has 108 valence electrons. The fraction of sp³-hybridized carbons (Fsp3) is 0.647. The van der Waals surface area contributed by atoms with Crippen LogP contribution < -0.4 is 5.32 Å². The van der Waals surface area contributed by atoms with Crippen LogP contribution in [0.2, 0.25) is 0 Å². The largest absolute Gasteiger partial charge is 0.377 e. The summed E-state index contributed by atoms with van der Waals surface area (Å²) >= 11 is 0. The first-order valence-corrected chi connectivity index (χ1v) is 7.67. The quantitative estimate of drug-likeness (QED) is 0.602. The lowest BCUT2D eigenvalue weighted by atomic mass is 10.1. The van der Waals surface area contributed by atoms with Crippen molar-refractivity contribution in [2.24, 2.45) is 0 Å². The molecule has 0 aromatic heterocycles. The molecule has 0 fully saturated rings. The third-order valence-corrected chi connectivity index (χ3v) is 3.39. The van der Waals surface area contributed by atoms with Gasteiger partial charge >= 0.3 is 0 Å². The Labute approximate surface area is 118 Å². The molecule has 1 aromatic carbocycles. The number of benzene rings is 1. The van der Waals surface area contributed by atoms with Gasteiger partial charge in [-0.25, -0.2) is 0 Å². The van der Waals surface area contributed by atoms with Crippen molar-refractivity contribution in [1.29, 1.82) is 0 Å². The molecular formula is C17H29NO. The summed E-state index contributed by atoms with van der Waals surface area (Å²) in [5.74, 6) is 0. The van der Waals surface area contributed by atoms with E-state index in [1.807, 2.05) is 7.05 Å². The molecule has 0 aliphatic rings. The second-order valence-electron chi connectivity index (χ2n) is 5.12. The predicted octanol–water partition coefficient (Wildman–Crippen LogP) is 4.28. The molecule has 0 radical (unpaired) electrons. The molecule has 0 heterocycles. The van der Waals surface area contributed by atoms with E-state index in [1.165, 1.54) is 49.7 Å². The molecule has 0 amide bonds. The summed E-state index contributed by atoms with van der Waals surface area (Å²) in [5, 5.41) is 3.20. The Morgan fingerprint density at radius 2 is 1.63 bits per heavy atom. The molecule has 1 rings (SSSR count). The van der Waals surface area contributed by atoms with Crippen LogP contribution in [0.4, 0.5) is 0 Å². The molecular weight excluding hydrogens is 234 g/mol. The zero-order chi connectivity index (χ0) is 13.8. The molecule has 2 nitrogen and oxygen atoms in total. The molecule has 0 atom stereocenters. The van der Waals surface area contributed by atoms with Crippen LogP contribution in [0, 0.1) is 0 Å². The highest BCUT2D eigenvalue weighted by molar-refractivity contribution is 5.26. The van der Waals surface area contributed by atoms with E-state index in [4.69, 9.17) is 4.74 Å². The summed E-state index contributed by atoms with van der Waals surface area (Å²) in [5.41, 5.74) is 2.65. The Balaban J connectivity index is 2.12. The lowest BCUT2D eigenvalue weighted by Gasteiger charge is -2.09. The van der Waals surface area contributed by atoms with Crippen molar-refractivity contribution in [3.05, 3.63) is 35.4 Å². The van der Waals surface area contributed by atoms with Crippen molar-refractivity contribution in [3.8, 4) is 0 Å². The first-order chi connectivity index (χ1) is 9.38. The van der Waals surface area contributed by atoms with Crippen LogP contribution >= 0.6 is 0 Å². The van der Waals surface area contributed by atoms with E-state index in [9.17, 15) is 0 Å². The highest BCUT2D eigenvalue weighted by atomic mass is 16.5. The average Bonchev–Trinajstić information content (AvgIpc) is 2.44. The maximum absolute atomic E-state index is 5.79. The second-order valence-corrected chi connectivity index (χ2v) is 5.12. The van der Waals surface area contributed by atoms with Gasteiger partial charge < -0.3 is 10.1 Å². The molecule has 19 heavy (non-hydrogen) atoms. The number of nitrogens with one attached hydrogen (secondary N) is 1. The Morgan fingerprint density at radius 3 is 2.37 bits per heavy atom. The summed E-state index contributed by atoms with van der Waals surface area (Å²) in [7, 11) is 1.98. The first-order valence-electron chi connectivity index (χ1n) is 7.67. The van der Waals surface area contributed by atoms with Gasteiger partial charge in [0.25, 0.3) is 0 Å². The molecule has 0 saturated carbocycles. The number of rotatable bonds is 11. The normalized spacial score (nSPS) is 10.8. The van der Waals surface area contributed by atoms with Gasteiger partial charge in [0.1, 0.15) is 0 Å². The first kappa shape index (κ1) is 16.2. The standard InChI is InChI=1S/C17H29NO/c1-3-4-5-6-7-10-13-19-15-17-12-9-8-11-16(17)14-18-2/h8-9,11-12,18H,3-7,10,13-15H2,1-2H3. The Kier molecular flexibility index (Phi) is 9.38. The van der Waals surface area contributed by atoms with Crippen LogP contribution in [0.1, 0.15) is 56.6 Å². The van der Waals surface area contributed by atoms with Crippen LogP contribution in [0.25, 0.3) is 0 Å². The van der Waals surface area contributed by atoms with Gasteiger partial charge in [-0.05, 0) is 24.6 Å². The number of unbranched alkanes of at least 4 members (excludes halogenated alkanes) is 5. The Morgan fingerprint density at radius 1 is 0.947 bits per heavy atom. The molecule has 0 unspecified atom stereocenters. The van der Waals surface area contributed by atoms with Gasteiger partial charge in [0.2, 0.25) is 0 Å². The Hall–Kier alpha value is -0.860. The van der Waals surface area contributed by atoms with Crippen LogP contribution in [-0.2, 0) is 17.9 Å². The second kappa shape index (κ2) is 11.0. The lowest BCUT2D eigenvalue weighted by Crippen LogP contribution is -2.08. The summed E-state index contributed by atoms with van der Waals surface area (Å²) in [6.45, 7) is 4.80. The molecule has 1 aromatic rings. The SMILES string of the molecule is CCCCCCCCOCc1ccccc1CNC. The van der Waals surface area contributed by atoms with Gasteiger partial charge in [-0.1, -0.05) is 63.3 Å². The molecule has 0 aliphatic heterocycles. The van der Waals surface area contributed by atoms with Crippen molar-refractivity contribution < 1.29 is 4.74 Å². The zero-order valence-electron chi connectivity index (χ0n) is 12.6. The minimum absolute atomic E-state index is 0.743. The van der Waals surface area contributed by atoms with Crippen LogP contribution in [0.15, 0.2) is 24.3 Å². The fourth-order valence-corrected chi connectivity index (χ4v) is 2.23. The molecule has 0 aliphatic carbocycles. The maximum atomic E-state index is 5.79. The van der Waals surface area contributed by atoms with Crippen molar-refractivity contribution in [3.63, 3.8) is 0 Å². The van der Waals surface area contributed by atoms with Gasteiger partial charge in [-0.2, -0.15) is 0 Å². The maximum Gasteiger partial charge on any atom is 0.0720 e. The van der Waals surface area contributed by atoms with Gasteiger partial charge in [-0.15, -0.1) is 0 Å². The summed E-state index contributed by atoms with van der Waals surface area (Å²) in [6, 6.07) is 8.50. The van der Waals surface area contributed by atoms with E-state index in [2.05, 4.69) is 36.5 Å². The monoisotopic (exact) mass is 263 g/mol. The third-order valence-electron chi connectivity index (χ3n) is 3.39. The Bertz CT molecular complexity index is 325. The van der Waals surface area contributed by atoms with Crippen molar-refractivity contribution in [2.75, 3.05) is 13.7 Å². The predicted molar refractivity (Wildman–Crippen MR) is 82.2 cm³/mol. The van der Waals surface area contributed by atoms with Crippen LogP contribution in [-0.4, -0.2) is 13.7 Å². The van der Waals surface area contributed by atoms with E-state index in [1.54, 1.807) is 0 Å². The van der Waals surface area contributed by atoms with Crippen molar-refractivity contribution in [2.45, 2.75) is 58.6 Å². The van der Waals surface area contributed by atoms with Crippen LogP contribution in [0.5, 0.6) is 0 Å². The molecule has 0 spiro atoms. The van der Waals surface area contributed by atoms with Crippen molar-refractivity contribution >= 4 is 0 Å². The average molecular weight is 263 g/mol. The zero-order valence-corrected chi connectivity index (χ0v) is 12.6. The topological polar surface area (TPSA) is 21.3 Å². The molecule has 1 N–H and O–H groups in total. The summed E-state index contributed by atoms with van der Waals surface area (Å²) in [6.07, 6.45) is 7.92. The molecule has 2 heteroatoms. The minimum Gasteiger partial charge on any atom is -0.377 e. The van der Waals surface area contributed by atoms with Crippen molar-refractivity contribution in [1.82, 2.24) is 5.32 Å². The number of hydrogen-bond acceptors (Lipinski definition) is 2. The summed E-state index contributed by atoms with van der Waals surface area (Å²) in [4.78, 5) is 0. The number of ether oxygens (including phenoxy) is 1. The van der Waals surface area contributed by atoms with E-state index in [0.717, 1.165) is 19.8 Å². The third kappa shape index (κ3) is 7.34. The van der Waals surface area contributed by atoms with E-state index < -0.39 is 0 Å². The van der Waals surface area contributed by atoms with Gasteiger partial charge in [0, 0.05) is 13.2 Å². The summed E-state index contributed by atoms with van der Waals surface area (Å²) < 4.78 is 5.79. The smallest absolute Gasteiger partial charge is 0.0720 e. The van der Waals surface area contributed by atoms with E-state index in [0.29, 0.717) is 0 Å². The van der Waals surface area contributed by atoms with Gasteiger partial charge in [0.15, 0.2) is 0 Å². The lowest BCUT2D eigenvalue weighted by molar-refractivity contribution is 0.116. The highest BCUT2D eigenvalue weighted by Gasteiger charge is 2.00. The highest BCUT2D eigenvalue weighted by Crippen LogP contribution is 2.11. The van der Waals surface area contributed by atoms with Gasteiger partial charge in [0.05, 0.1) is 6.61 Å². The fourth-order valence-electron chi connectivity index (χ4n) is 2.23.